The van der Waals surface area contributed by atoms with Crippen molar-refractivity contribution in [3.05, 3.63) is 30.0 Å². The fraction of sp³-hybridized carbons (Fsp3) is 0.350. The number of methoxy groups -OCH3 is 2. The molecule has 4 rings (SSSR count). The molecule has 0 radical (unpaired) electrons. The number of anilines is 2. The Morgan fingerprint density at radius 2 is 1.93 bits per heavy atom. The molecule has 10 heteroatoms. The lowest BCUT2D eigenvalue weighted by Gasteiger charge is -2.15. The fourth-order valence-electron chi connectivity index (χ4n) is 3.59. The van der Waals surface area contributed by atoms with Crippen molar-refractivity contribution in [2.45, 2.75) is 26.2 Å². The Balaban J connectivity index is 1.54. The molecule has 1 aromatic heterocycles. The van der Waals surface area contributed by atoms with Gasteiger partial charge in [-0.15, -0.1) is 0 Å². The highest BCUT2D eigenvalue weighted by Crippen LogP contribution is 2.30. The molecular formula is C20H22N6O4. The molecule has 2 aromatic rings. The molecule has 2 aliphatic rings. The Labute approximate surface area is 173 Å². The molecule has 1 saturated carbocycles. The van der Waals surface area contributed by atoms with Crippen molar-refractivity contribution in [3.63, 3.8) is 0 Å². The standard InChI is InChI=1S/C20H22N6O4/c1-11-9-17(23-20(28)21-12-7-8-15(29-2)16(10-12)30-3)26(25-11)19-22-14-6-4-5-13(14)18(27)24-19/h7-10,13H,4-6H2,1-3H3,(H2,21,23,28). The minimum absolute atomic E-state index is 0.169. The van der Waals surface area contributed by atoms with E-state index in [1.54, 1.807) is 31.2 Å². The third-order valence-corrected chi connectivity index (χ3v) is 4.98. The van der Waals surface area contributed by atoms with Gasteiger partial charge in [-0.1, -0.05) is 0 Å². The van der Waals surface area contributed by atoms with Crippen molar-refractivity contribution in [2.24, 2.45) is 15.9 Å². The Morgan fingerprint density at radius 3 is 2.70 bits per heavy atom. The molecule has 3 amide bonds. The first-order chi connectivity index (χ1) is 14.5. The van der Waals surface area contributed by atoms with Crippen LogP contribution in [0.2, 0.25) is 0 Å². The lowest BCUT2D eigenvalue weighted by molar-refractivity contribution is -0.119. The summed E-state index contributed by atoms with van der Waals surface area (Å²) in [5.74, 6) is 1.16. The second-order valence-electron chi connectivity index (χ2n) is 7.03. The highest BCUT2D eigenvalue weighted by molar-refractivity contribution is 6.17. The smallest absolute Gasteiger partial charge is 0.324 e. The monoisotopic (exact) mass is 410 g/mol. The molecule has 0 bridgehead atoms. The number of hydrogen-bond acceptors (Lipinski definition) is 6. The predicted octanol–water partition coefficient (Wildman–Crippen LogP) is 2.84. The van der Waals surface area contributed by atoms with Gasteiger partial charge in [0.2, 0.25) is 0 Å². The van der Waals surface area contributed by atoms with Crippen LogP contribution in [-0.2, 0) is 4.79 Å². The first-order valence-electron chi connectivity index (χ1n) is 9.55. The van der Waals surface area contributed by atoms with Crippen LogP contribution in [-0.4, -0.2) is 47.6 Å². The minimum atomic E-state index is -0.488. The van der Waals surface area contributed by atoms with E-state index in [1.807, 2.05) is 0 Å². The van der Waals surface area contributed by atoms with Crippen LogP contribution in [0.25, 0.3) is 0 Å². The second kappa shape index (κ2) is 7.97. The number of carbonyl (C=O) groups excluding carboxylic acids is 2. The number of urea groups is 1. The van der Waals surface area contributed by atoms with Crippen LogP contribution in [0.3, 0.4) is 0 Å². The van der Waals surface area contributed by atoms with Crippen LogP contribution in [0.5, 0.6) is 11.5 Å². The summed E-state index contributed by atoms with van der Waals surface area (Å²) in [5, 5.41) is 9.81. The van der Waals surface area contributed by atoms with Crippen LogP contribution in [0.1, 0.15) is 25.0 Å². The van der Waals surface area contributed by atoms with Crippen LogP contribution >= 0.6 is 0 Å². The fourth-order valence-corrected chi connectivity index (χ4v) is 3.59. The van der Waals surface area contributed by atoms with Gasteiger partial charge in [0, 0.05) is 23.5 Å². The number of aryl methyl sites for hydroxylation is 1. The third-order valence-electron chi connectivity index (χ3n) is 4.98. The quantitative estimate of drug-likeness (QED) is 0.803. The lowest BCUT2D eigenvalue weighted by Crippen LogP contribution is -2.29. The average molecular weight is 410 g/mol. The maximum Gasteiger partial charge on any atom is 0.324 e. The lowest BCUT2D eigenvalue weighted by atomic mass is 10.1. The molecule has 2 heterocycles. The number of nitrogens with one attached hydrogen (secondary N) is 2. The van der Waals surface area contributed by atoms with Crippen LogP contribution in [0.15, 0.2) is 34.3 Å². The number of fused-ring (bicyclic) bond motifs is 1. The topological polar surface area (TPSA) is 119 Å². The molecule has 2 N–H and O–H groups in total. The van der Waals surface area contributed by atoms with Gasteiger partial charge in [0.1, 0.15) is 5.82 Å². The molecule has 1 aromatic carbocycles. The Bertz CT molecular complexity index is 1070. The highest BCUT2D eigenvalue weighted by Gasteiger charge is 2.33. The molecule has 1 aliphatic heterocycles. The van der Waals surface area contributed by atoms with Crippen molar-refractivity contribution in [1.82, 2.24) is 9.78 Å². The van der Waals surface area contributed by atoms with Crippen molar-refractivity contribution in [3.8, 4) is 11.5 Å². The van der Waals surface area contributed by atoms with Crippen LogP contribution in [0, 0.1) is 12.8 Å². The maximum atomic E-state index is 12.5. The summed E-state index contributed by atoms with van der Waals surface area (Å²) in [4.78, 5) is 33.5. The van der Waals surface area contributed by atoms with Gasteiger partial charge in [-0.3, -0.25) is 10.1 Å². The molecule has 1 unspecified atom stereocenters. The van der Waals surface area contributed by atoms with E-state index in [-0.39, 0.29) is 17.8 Å². The molecule has 1 aliphatic carbocycles. The Hall–Kier alpha value is -3.69. The molecule has 1 fully saturated rings. The molecular weight excluding hydrogens is 388 g/mol. The van der Waals surface area contributed by atoms with E-state index in [1.165, 1.54) is 18.9 Å². The number of carbonyl (C=O) groups is 2. The number of amides is 3. The van der Waals surface area contributed by atoms with E-state index in [0.29, 0.717) is 28.7 Å². The van der Waals surface area contributed by atoms with E-state index < -0.39 is 6.03 Å². The minimum Gasteiger partial charge on any atom is -0.493 e. The van der Waals surface area contributed by atoms with Gasteiger partial charge in [-0.25, -0.2) is 9.79 Å². The van der Waals surface area contributed by atoms with E-state index >= 15 is 0 Å². The number of hydrogen-bond donors (Lipinski definition) is 2. The van der Waals surface area contributed by atoms with E-state index in [0.717, 1.165) is 25.0 Å². The zero-order valence-corrected chi connectivity index (χ0v) is 16.9. The van der Waals surface area contributed by atoms with Gasteiger partial charge < -0.3 is 14.8 Å². The summed E-state index contributed by atoms with van der Waals surface area (Å²) >= 11 is 0. The molecule has 10 nitrogen and oxygen atoms in total. The number of rotatable bonds is 4. The summed E-state index contributed by atoms with van der Waals surface area (Å²) in [7, 11) is 3.06. The second-order valence-corrected chi connectivity index (χ2v) is 7.03. The van der Waals surface area contributed by atoms with Crippen LogP contribution in [0.4, 0.5) is 16.3 Å². The van der Waals surface area contributed by atoms with Crippen molar-refractivity contribution in [1.29, 1.82) is 0 Å². The van der Waals surface area contributed by atoms with Gasteiger partial charge in [-0.2, -0.15) is 14.8 Å². The SMILES string of the molecule is COc1ccc(NC(=O)Nc2cc(C)nn2C2=NC(=O)C3CCCC3=N2)cc1OC. The van der Waals surface area contributed by atoms with Crippen LogP contribution < -0.4 is 20.1 Å². The Morgan fingerprint density at radius 1 is 1.13 bits per heavy atom. The molecule has 30 heavy (non-hydrogen) atoms. The Kier molecular flexibility index (Phi) is 5.21. The number of aliphatic imine (C=N–C) groups is 2. The van der Waals surface area contributed by atoms with Gasteiger partial charge in [0.25, 0.3) is 11.9 Å². The first kappa shape index (κ1) is 19.6. The zero-order chi connectivity index (χ0) is 21.3. The summed E-state index contributed by atoms with van der Waals surface area (Å²) < 4.78 is 11.8. The predicted molar refractivity (Wildman–Crippen MR) is 112 cm³/mol. The summed E-state index contributed by atoms with van der Waals surface area (Å²) in [6.07, 6.45) is 2.48. The van der Waals surface area contributed by atoms with Gasteiger partial charge in [-0.05, 0) is 38.3 Å². The van der Waals surface area contributed by atoms with Gasteiger partial charge >= 0.3 is 6.03 Å². The summed E-state index contributed by atoms with van der Waals surface area (Å²) in [6, 6.07) is 6.23. The zero-order valence-electron chi connectivity index (χ0n) is 16.9. The maximum absolute atomic E-state index is 12.5. The molecule has 1 atom stereocenters. The van der Waals surface area contributed by atoms with E-state index in [4.69, 9.17) is 9.47 Å². The highest BCUT2D eigenvalue weighted by atomic mass is 16.5. The van der Waals surface area contributed by atoms with Crippen molar-refractivity contribution < 1.29 is 19.1 Å². The average Bonchev–Trinajstić information content (AvgIpc) is 3.34. The van der Waals surface area contributed by atoms with E-state index in [9.17, 15) is 9.59 Å². The number of benzene rings is 1. The normalized spacial score (nSPS) is 17.7. The first-order valence-corrected chi connectivity index (χ1v) is 9.55. The number of nitrogens with zero attached hydrogens (tertiary/aromatic N) is 4. The summed E-state index contributed by atoms with van der Waals surface area (Å²) in [5.41, 5.74) is 2.01. The summed E-state index contributed by atoms with van der Waals surface area (Å²) in [6.45, 7) is 1.78. The molecule has 0 spiro atoms. The molecule has 0 saturated heterocycles. The molecule has 156 valence electrons. The number of aromatic nitrogens is 2. The van der Waals surface area contributed by atoms with Crippen molar-refractivity contribution in [2.75, 3.05) is 24.9 Å². The van der Waals surface area contributed by atoms with Gasteiger partial charge in [0.15, 0.2) is 11.5 Å². The van der Waals surface area contributed by atoms with Gasteiger partial charge in [0.05, 0.1) is 25.8 Å². The van der Waals surface area contributed by atoms with Crippen molar-refractivity contribution >= 4 is 35.1 Å². The largest absolute Gasteiger partial charge is 0.493 e. The third kappa shape index (κ3) is 3.76. The van der Waals surface area contributed by atoms with E-state index in [2.05, 4.69) is 25.7 Å². The number of ether oxygens (including phenoxy) is 2.